The minimum Gasteiger partial charge on any atom is -0.312 e. The number of nitrogens with one attached hydrogen (secondary N) is 1. The maximum atomic E-state index is 3.53. The van der Waals surface area contributed by atoms with Crippen molar-refractivity contribution in [1.82, 2.24) is 10.2 Å². The van der Waals surface area contributed by atoms with Crippen LogP contribution in [0, 0.1) is 0 Å². The number of nitrogens with zero attached hydrogens (tertiary/aromatic N) is 1. The van der Waals surface area contributed by atoms with Gasteiger partial charge in [0.1, 0.15) is 0 Å². The zero-order valence-electron chi connectivity index (χ0n) is 11.6. The van der Waals surface area contributed by atoms with E-state index in [9.17, 15) is 0 Å². The van der Waals surface area contributed by atoms with Crippen LogP contribution in [0.15, 0.2) is 0 Å². The zero-order chi connectivity index (χ0) is 11.9. The van der Waals surface area contributed by atoms with Crippen LogP contribution in [0.3, 0.4) is 0 Å². The van der Waals surface area contributed by atoms with Gasteiger partial charge in [-0.25, -0.2) is 0 Å². The van der Waals surface area contributed by atoms with Crippen molar-refractivity contribution in [2.75, 3.05) is 19.6 Å². The Morgan fingerprint density at radius 1 is 1.13 bits per heavy atom. The van der Waals surface area contributed by atoms with Crippen LogP contribution < -0.4 is 5.32 Å². The third-order valence-corrected chi connectivity index (χ3v) is 2.52. The Morgan fingerprint density at radius 3 is 2.13 bits per heavy atom. The third kappa shape index (κ3) is 8.88. The third-order valence-electron chi connectivity index (χ3n) is 2.52. The SMILES string of the molecule is CCCN(CCCNC(C)(C)C)C(C)C. The average molecular weight is 214 g/mol. The highest BCUT2D eigenvalue weighted by Gasteiger charge is 2.10. The molecule has 0 aromatic rings. The quantitative estimate of drug-likeness (QED) is 0.656. The van der Waals surface area contributed by atoms with Gasteiger partial charge < -0.3 is 10.2 Å². The molecule has 0 aromatic heterocycles. The van der Waals surface area contributed by atoms with Crippen LogP contribution in [0.5, 0.6) is 0 Å². The molecule has 1 N–H and O–H groups in total. The van der Waals surface area contributed by atoms with Gasteiger partial charge in [-0.3, -0.25) is 0 Å². The lowest BCUT2D eigenvalue weighted by Gasteiger charge is -2.27. The first-order valence-electron chi connectivity index (χ1n) is 6.36. The molecule has 0 bridgehead atoms. The summed E-state index contributed by atoms with van der Waals surface area (Å²) in [6.07, 6.45) is 2.50. The molecule has 0 aliphatic heterocycles. The van der Waals surface area contributed by atoms with Crippen molar-refractivity contribution in [2.45, 2.75) is 66.0 Å². The zero-order valence-corrected chi connectivity index (χ0v) is 11.6. The monoisotopic (exact) mass is 214 g/mol. The van der Waals surface area contributed by atoms with Crippen LogP contribution in [0.1, 0.15) is 54.4 Å². The molecule has 2 heteroatoms. The van der Waals surface area contributed by atoms with Crippen LogP contribution in [0.4, 0.5) is 0 Å². The van der Waals surface area contributed by atoms with Gasteiger partial charge in [0.05, 0.1) is 0 Å². The smallest absolute Gasteiger partial charge is 0.00965 e. The Morgan fingerprint density at radius 2 is 1.73 bits per heavy atom. The molecule has 0 aliphatic rings. The molecule has 2 nitrogen and oxygen atoms in total. The van der Waals surface area contributed by atoms with Crippen LogP contribution >= 0.6 is 0 Å². The molecule has 15 heavy (non-hydrogen) atoms. The second-order valence-corrected chi connectivity index (χ2v) is 5.66. The Bertz CT molecular complexity index is 147. The van der Waals surface area contributed by atoms with Crippen LogP contribution in [-0.2, 0) is 0 Å². The van der Waals surface area contributed by atoms with Crippen molar-refractivity contribution < 1.29 is 0 Å². The second-order valence-electron chi connectivity index (χ2n) is 5.66. The molecule has 0 unspecified atom stereocenters. The highest BCUT2D eigenvalue weighted by Crippen LogP contribution is 2.02. The summed E-state index contributed by atoms with van der Waals surface area (Å²) in [4.78, 5) is 2.56. The normalized spacial score (nSPS) is 12.8. The maximum absolute atomic E-state index is 3.53. The Balaban J connectivity index is 3.62. The first-order valence-corrected chi connectivity index (χ1v) is 6.36. The Labute approximate surface area is 96.4 Å². The summed E-state index contributed by atoms with van der Waals surface area (Å²) < 4.78 is 0. The molecule has 0 amide bonds. The molecule has 0 saturated carbocycles. The van der Waals surface area contributed by atoms with E-state index in [-0.39, 0.29) is 5.54 Å². The molecule has 0 aromatic carbocycles. The average Bonchev–Trinajstić information content (AvgIpc) is 2.08. The van der Waals surface area contributed by atoms with Gasteiger partial charge in [-0.1, -0.05) is 6.92 Å². The summed E-state index contributed by atoms with van der Waals surface area (Å²) in [5.41, 5.74) is 0.257. The predicted octanol–water partition coefficient (Wildman–Crippen LogP) is 2.89. The standard InChI is InChI=1S/C13H30N2/c1-7-10-15(12(2)3)11-8-9-14-13(4,5)6/h12,14H,7-11H2,1-6H3. The molecule has 0 spiro atoms. The lowest BCUT2D eigenvalue weighted by molar-refractivity contribution is 0.216. The first-order chi connectivity index (χ1) is 6.87. The van der Waals surface area contributed by atoms with E-state index in [0.29, 0.717) is 6.04 Å². The predicted molar refractivity (Wildman–Crippen MR) is 69.4 cm³/mol. The summed E-state index contributed by atoms with van der Waals surface area (Å²) in [7, 11) is 0. The number of hydrogen-bond donors (Lipinski definition) is 1. The fourth-order valence-corrected chi connectivity index (χ4v) is 1.66. The molecule has 0 radical (unpaired) electrons. The van der Waals surface area contributed by atoms with Crippen molar-refractivity contribution in [2.24, 2.45) is 0 Å². The molecule has 92 valence electrons. The second kappa shape index (κ2) is 7.24. The van der Waals surface area contributed by atoms with E-state index in [4.69, 9.17) is 0 Å². The fourth-order valence-electron chi connectivity index (χ4n) is 1.66. The van der Waals surface area contributed by atoms with Crippen LogP contribution in [0.25, 0.3) is 0 Å². The van der Waals surface area contributed by atoms with E-state index in [2.05, 4.69) is 51.8 Å². The number of hydrogen-bond acceptors (Lipinski definition) is 2. The molecule has 0 heterocycles. The van der Waals surface area contributed by atoms with E-state index < -0.39 is 0 Å². The fraction of sp³-hybridized carbons (Fsp3) is 1.00. The van der Waals surface area contributed by atoms with Crippen LogP contribution in [0.2, 0.25) is 0 Å². The van der Waals surface area contributed by atoms with Crippen molar-refractivity contribution in [3.8, 4) is 0 Å². The van der Waals surface area contributed by atoms with E-state index in [1.54, 1.807) is 0 Å². The van der Waals surface area contributed by atoms with Crippen molar-refractivity contribution >= 4 is 0 Å². The van der Waals surface area contributed by atoms with Crippen molar-refractivity contribution in [3.05, 3.63) is 0 Å². The topological polar surface area (TPSA) is 15.3 Å². The minimum atomic E-state index is 0.257. The highest BCUT2D eigenvalue weighted by molar-refractivity contribution is 4.71. The Hall–Kier alpha value is -0.0800. The van der Waals surface area contributed by atoms with E-state index in [1.807, 2.05) is 0 Å². The van der Waals surface area contributed by atoms with Gasteiger partial charge in [0.15, 0.2) is 0 Å². The van der Waals surface area contributed by atoms with Gasteiger partial charge in [0, 0.05) is 11.6 Å². The van der Waals surface area contributed by atoms with Crippen LogP contribution in [-0.4, -0.2) is 36.1 Å². The largest absolute Gasteiger partial charge is 0.312 e. The first kappa shape index (κ1) is 14.9. The molecule has 0 saturated heterocycles. The van der Waals surface area contributed by atoms with Gasteiger partial charge in [-0.05, 0) is 67.1 Å². The molecule has 0 aliphatic carbocycles. The van der Waals surface area contributed by atoms with Gasteiger partial charge in [0.25, 0.3) is 0 Å². The number of rotatable bonds is 7. The molecule has 0 atom stereocenters. The van der Waals surface area contributed by atoms with Crippen molar-refractivity contribution in [1.29, 1.82) is 0 Å². The maximum Gasteiger partial charge on any atom is 0.00965 e. The van der Waals surface area contributed by atoms with Gasteiger partial charge in [-0.2, -0.15) is 0 Å². The molecule has 0 fully saturated rings. The summed E-state index contributed by atoms with van der Waals surface area (Å²) in [5.74, 6) is 0. The van der Waals surface area contributed by atoms with E-state index in [0.717, 1.165) is 6.54 Å². The van der Waals surface area contributed by atoms with Gasteiger partial charge >= 0.3 is 0 Å². The molecular weight excluding hydrogens is 184 g/mol. The van der Waals surface area contributed by atoms with Gasteiger partial charge in [0.2, 0.25) is 0 Å². The van der Waals surface area contributed by atoms with E-state index >= 15 is 0 Å². The van der Waals surface area contributed by atoms with E-state index in [1.165, 1.54) is 25.9 Å². The summed E-state index contributed by atoms with van der Waals surface area (Å²) >= 11 is 0. The summed E-state index contributed by atoms with van der Waals surface area (Å²) in [6.45, 7) is 17.1. The van der Waals surface area contributed by atoms with Gasteiger partial charge in [-0.15, -0.1) is 0 Å². The molecular formula is C13H30N2. The Kier molecular flexibility index (Phi) is 7.20. The summed E-state index contributed by atoms with van der Waals surface area (Å²) in [5, 5.41) is 3.53. The van der Waals surface area contributed by atoms with Crippen molar-refractivity contribution in [3.63, 3.8) is 0 Å². The lowest BCUT2D eigenvalue weighted by Crippen LogP contribution is -2.39. The highest BCUT2D eigenvalue weighted by atomic mass is 15.1. The summed E-state index contributed by atoms with van der Waals surface area (Å²) in [6, 6.07) is 0.680. The molecule has 0 rings (SSSR count). The minimum absolute atomic E-state index is 0.257. The lowest BCUT2D eigenvalue weighted by atomic mass is 10.1.